The fourth-order valence-electron chi connectivity index (χ4n) is 2.53. The van der Waals surface area contributed by atoms with Crippen LogP contribution in [-0.4, -0.2) is 23.3 Å². The summed E-state index contributed by atoms with van der Waals surface area (Å²) in [7, 11) is 0. The molecule has 0 atom stereocenters. The number of alkyl halides is 2. The van der Waals surface area contributed by atoms with Gasteiger partial charge in [-0.25, -0.2) is 13.6 Å². The van der Waals surface area contributed by atoms with Crippen molar-refractivity contribution in [3.8, 4) is 0 Å². The average Bonchev–Trinajstić information content (AvgIpc) is 2.36. The predicted octanol–water partition coefficient (Wildman–Crippen LogP) is 3.35. The maximum atomic E-state index is 13.1. The zero-order valence-electron chi connectivity index (χ0n) is 12.2. The zero-order valence-corrected chi connectivity index (χ0v) is 12.2. The van der Waals surface area contributed by atoms with Crippen LogP contribution >= 0.6 is 0 Å². The Balaban J connectivity index is 2.57. The molecule has 0 saturated heterocycles. The molecule has 6 heteroatoms. The molecule has 0 aromatic carbocycles. The van der Waals surface area contributed by atoms with E-state index in [1.807, 2.05) is 13.8 Å². The van der Waals surface area contributed by atoms with Crippen LogP contribution in [0.5, 0.6) is 0 Å². The molecule has 1 aliphatic rings. The minimum absolute atomic E-state index is 0.0690. The van der Waals surface area contributed by atoms with Gasteiger partial charge in [0.1, 0.15) is 5.69 Å². The summed E-state index contributed by atoms with van der Waals surface area (Å²) < 4.78 is 31.0. The molecular formula is C15H17F2NO3. The third-order valence-electron chi connectivity index (χ3n) is 3.42. The monoisotopic (exact) mass is 297 g/mol. The highest BCUT2D eigenvalue weighted by molar-refractivity contribution is 6.01. The summed E-state index contributed by atoms with van der Waals surface area (Å²) in [5, 5.41) is 0. The Hall–Kier alpha value is -1.85. The minimum atomic E-state index is -2.89. The van der Waals surface area contributed by atoms with Gasteiger partial charge in [-0.05, 0) is 24.8 Å². The third kappa shape index (κ3) is 3.09. The molecule has 0 unspecified atom stereocenters. The van der Waals surface area contributed by atoms with Crippen molar-refractivity contribution in [1.29, 1.82) is 0 Å². The summed E-state index contributed by atoms with van der Waals surface area (Å²) in [5.74, 6) is -1.05. The zero-order chi connectivity index (χ0) is 15.8. The van der Waals surface area contributed by atoms with Gasteiger partial charge in [0.2, 0.25) is 0 Å². The van der Waals surface area contributed by atoms with E-state index < -0.39 is 18.1 Å². The lowest BCUT2D eigenvalue weighted by molar-refractivity contribution is 0.0513. The molecule has 1 aromatic rings. The normalized spacial score (nSPS) is 16.8. The van der Waals surface area contributed by atoms with Gasteiger partial charge in [-0.15, -0.1) is 0 Å². The van der Waals surface area contributed by atoms with E-state index in [9.17, 15) is 18.4 Å². The summed E-state index contributed by atoms with van der Waals surface area (Å²) in [6.07, 6.45) is -2.16. The number of pyridine rings is 1. The lowest BCUT2D eigenvalue weighted by atomic mass is 9.75. The summed E-state index contributed by atoms with van der Waals surface area (Å²) in [6.45, 7) is 5.42. The highest BCUT2D eigenvalue weighted by atomic mass is 19.3. The number of hydrogen-bond donors (Lipinski definition) is 0. The van der Waals surface area contributed by atoms with Crippen molar-refractivity contribution in [3.05, 3.63) is 28.6 Å². The number of ether oxygens (including phenoxy) is 1. The first-order valence-electron chi connectivity index (χ1n) is 6.77. The number of hydrogen-bond acceptors (Lipinski definition) is 4. The first-order valence-corrected chi connectivity index (χ1v) is 6.77. The standard InChI is InChI=1S/C15H17F2NO3/c1-4-21-14(20)9-5-8-10(18-12(9)13(16)17)6-15(2,3)7-11(8)19/h5,13H,4,6-7H2,1-3H3. The van der Waals surface area contributed by atoms with Crippen molar-refractivity contribution >= 4 is 11.8 Å². The van der Waals surface area contributed by atoms with E-state index in [-0.39, 0.29) is 28.9 Å². The fourth-order valence-corrected chi connectivity index (χ4v) is 2.53. The van der Waals surface area contributed by atoms with Gasteiger partial charge >= 0.3 is 5.97 Å². The second kappa shape index (κ2) is 5.50. The first-order chi connectivity index (χ1) is 9.75. The molecule has 4 nitrogen and oxygen atoms in total. The van der Waals surface area contributed by atoms with Crippen molar-refractivity contribution in [2.45, 2.75) is 40.0 Å². The van der Waals surface area contributed by atoms with Gasteiger partial charge in [0.15, 0.2) is 5.78 Å². The second-order valence-corrected chi connectivity index (χ2v) is 5.88. The van der Waals surface area contributed by atoms with E-state index in [0.29, 0.717) is 18.5 Å². The van der Waals surface area contributed by atoms with Crippen molar-refractivity contribution in [1.82, 2.24) is 4.98 Å². The molecular weight excluding hydrogens is 280 g/mol. The molecule has 0 radical (unpaired) electrons. The van der Waals surface area contributed by atoms with Crippen LogP contribution in [0.2, 0.25) is 0 Å². The molecule has 0 fully saturated rings. The number of rotatable bonds is 3. The number of esters is 1. The van der Waals surface area contributed by atoms with E-state index >= 15 is 0 Å². The topological polar surface area (TPSA) is 56.3 Å². The minimum Gasteiger partial charge on any atom is -0.462 e. The first kappa shape index (κ1) is 15.5. The van der Waals surface area contributed by atoms with Crippen molar-refractivity contribution in [2.75, 3.05) is 6.61 Å². The average molecular weight is 297 g/mol. The molecule has 2 rings (SSSR count). The summed E-state index contributed by atoms with van der Waals surface area (Å²) in [6, 6.07) is 1.21. The van der Waals surface area contributed by atoms with Gasteiger partial charge in [0, 0.05) is 12.0 Å². The molecule has 1 heterocycles. The molecule has 0 aliphatic heterocycles. The molecule has 0 N–H and O–H groups in total. The van der Waals surface area contributed by atoms with Crippen molar-refractivity contribution in [3.63, 3.8) is 0 Å². The SMILES string of the molecule is CCOC(=O)c1cc2c(nc1C(F)F)CC(C)(C)CC2=O. The highest BCUT2D eigenvalue weighted by Gasteiger charge is 2.34. The van der Waals surface area contributed by atoms with Crippen LogP contribution in [0.3, 0.4) is 0 Å². The van der Waals surface area contributed by atoms with E-state index in [1.165, 1.54) is 6.07 Å². The van der Waals surface area contributed by atoms with Crippen LogP contribution in [0, 0.1) is 5.41 Å². The number of fused-ring (bicyclic) bond motifs is 1. The molecule has 0 spiro atoms. The molecule has 21 heavy (non-hydrogen) atoms. The molecule has 1 aliphatic carbocycles. The molecule has 0 bridgehead atoms. The molecule has 114 valence electrons. The Kier molecular flexibility index (Phi) is 4.07. The molecule has 0 saturated carbocycles. The number of Topliss-reactive ketones (excluding diaryl/α,β-unsaturated/α-hetero) is 1. The van der Waals surface area contributed by atoms with Crippen LogP contribution in [0.25, 0.3) is 0 Å². The van der Waals surface area contributed by atoms with E-state index in [1.54, 1.807) is 6.92 Å². The maximum absolute atomic E-state index is 13.1. The Bertz CT molecular complexity index is 597. The maximum Gasteiger partial charge on any atom is 0.340 e. The Labute approximate surface area is 121 Å². The van der Waals surface area contributed by atoms with Crippen LogP contribution in [-0.2, 0) is 11.2 Å². The number of halogens is 2. The van der Waals surface area contributed by atoms with Crippen molar-refractivity contribution < 1.29 is 23.1 Å². The van der Waals surface area contributed by atoms with E-state index in [2.05, 4.69) is 4.98 Å². The Morgan fingerprint density at radius 1 is 1.43 bits per heavy atom. The van der Waals surface area contributed by atoms with Gasteiger partial charge in [0.05, 0.1) is 17.9 Å². The van der Waals surface area contributed by atoms with Crippen molar-refractivity contribution in [2.24, 2.45) is 5.41 Å². The quantitative estimate of drug-likeness (QED) is 0.803. The van der Waals surface area contributed by atoms with Gasteiger partial charge in [-0.3, -0.25) is 9.78 Å². The summed E-state index contributed by atoms with van der Waals surface area (Å²) >= 11 is 0. The lowest BCUT2D eigenvalue weighted by Gasteiger charge is -2.30. The number of ketones is 1. The molecule has 0 amide bonds. The van der Waals surface area contributed by atoms with Gasteiger partial charge in [0.25, 0.3) is 6.43 Å². The number of nitrogens with zero attached hydrogens (tertiary/aromatic N) is 1. The van der Waals surface area contributed by atoms with Gasteiger partial charge < -0.3 is 4.74 Å². The van der Waals surface area contributed by atoms with Crippen LogP contribution in [0.4, 0.5) is 8.78 Å². The van der Waals surface area contributed by atoms with Gasteiger partial charge in [-0.1, -0.05) is 13.8 Å². The number of aromatic nitrogens is 1. The largest absolute Gasteiger partial charge is 0.462 e. The lowest BCUT2D eigenvalue weighted by Crippen LogP contribution is -2.29. The van der Waals surface area contributed by atoms with Crippen LogP contribution in [0.1, 0.15) is 65.7 Å². The third-order valence-corrected chi connectivity index (χ3v) is 3.42. The summed E-state index contributed by atoms with van der Waals surface area (Å²) in [5.41, 5.74) is -0.667. The summed E-state index contributed by atoms with van der Waals surface area (Å²) in [4.78, 5) is 27.8. The number of carbonyl (C=O) groups excluding carboxylic acids is 2. The van der Waals surface area contributed by atoms with Crippen LogP contribution < -0.4 is 0 Å². The Morgan fingerprint density at radius 3 is 2.67 bits per heavy atom. The second-order valence-electron chi connectivity index (χ2n) is 5.88. The van der Waals surface area contributed by atoms with Crippen LogP contribution in [0.15, 0.2) is 6.07 Å². The Morgan fingerprint density at radius 2 is 2.10 bits per heavy atom. The van der Waals surface area contributed by atoms with E-state index in [0.717, 1.165) is 0 Å². The highest BCUT2D eigenvalue weighted by Crippen LogP contribution is 2.36. The van der Waals surface area contributed by atoms with Gasteiger partial charge in [-0.2, -0.15) is 0 Å². The van der Waals surface area contributed by atoms with E-state index in [4.69, 9.17) is 4.74 Å². The predicted molar refractivity (Wildman–Crippen MR) is 71.6 cm³/mol. The number of carbonyl (C=O) groups is 2. The smallest absolute Gasteiger partial charge is 0.340 e. The molecule has 1 aromatic heterocycles. The fraction of sp³-hybridized carbons (Fsp3) is 0.533.